The number of anilines is 2. The summed E-state index contributed by atoms with van der Waals surface area (Å²) in [6.45, 7) is 2.39. The van der Waals surface area contributed by atoms with Gasteiger partial charge in [0.15, 0.2) is 0 Å². The minimum Gasteiger partial charge on any atom is -0.467 e. The zero-order valence-corrected chi connectivity index (χ0v) is 15.3. The molecule has 2 fully saturated rings. The molecule has 0 spiro atoms. The van der Waals surface area contributed by atoms with E-state index in [1.54, 1.807) is 10.9 Å². The zero-order chi connectivity index (χ0) is 19.1. The first kappa shape index (κ1) is 17.0. The molecule has 5 rings (SSSR count). The highest BCUT2D eigenvalue weighted by molar-refractivity contribution is 5.79. The van der Waals surface area contributed by atoms with Crippen molar-refractivity contribution in [2.75, 3.05) is 31.7 Å². The van der Waals surface area contributed by atoms with E-state index in [9.17, 15) is 5.26 Å². The Balaban J connectivity index is 1.48. The maximum Gasteiger partial charge on any atom is 0.257 e. The summed E-state index contributed by atoms with van der Waals surface area (Å²) in [4.78, 5) is 9.05. The van der Waals surface area contributed by atoms with Gasteiger partial charge in [-0.3, -0.25) is 4.68 Å². The first-order chi connectivity index (χ1) is 13.7. The molecule has 3 aromatic rings. The summed E-state index contributed by atoms with van der Waals surface area (Å²) < 4.78 is 20.1. The Hall–Kier alpha value is -3.16. The fraction of sp³-hybridized carbons (Fsp3) is 0.444. The molecule has 0 amide bonds. The SMILES string of the molecule is Cn1cc(Nc2ncc3cc(C#N)n([C@@H]4CCOC4)c3n2)c(OC2COC2)n1. The van der Waals surface area contributed by atoms with Crippen LogP contribution in [-0.4, -0.2) is 56.8 Å². The number of hydrogen-bond donors (Lipinski definition) is 1. The minimum atomic E-state index is 0.0108. The number of hydrogen-bond acceptors (Lipinski definition) is 8. The van der Waals surface area contributed by atoms with Gasteiger partial charge < -0.3 is 24.1 Å². The lowest BCUT2D eigenvalue weighted by atomic mass is 10.2. The predicted molar refractivity (Wildman–Crippen MR) is 98.4 cm³/mol. The van der Waals surface area contributed by atoms with Gasteiger partial charge in [0, 0.05) is 25.2 Å². The topological polar surface area (TPSA) is 112 Å². The van der Waals surface area contributed by atoms with Gasteiger partial charge in [-0.25, -0.2) is 4.98 Å². The first-order valence-corrected chi connectivity index (χ1v) is 9.12. The molecule has 1 atom stereocenters. The average Bonchev–Trinajstić information content (AvgIpc) is 3.36. The number of aromatic nitrogens is 5. The van der Waals surface area contributed by atoms with E-state index in [1.807, 2.05) is 23.9 Å². The van der Waals surface area contributed by atoms with E-state index < -0.39 is 0 Å². The van der Waals surface area contributed by atoms with Gasteiger partial charge in [-0.05, 0) is 12.5 Å². The third kappa shape index (κ3) is 2.94. The van der Waals surface area contributed by atoms with E-state index in [2.05, 4.69) is 26.5 Å². The molecule has 2 aliphatic heterocycles. The van der Waals surface area contributed by atoms with Crippen molar-refractivity contribution in [3.8, 4) is 11.9 Å². The number of nitriles is 1. The van der Waals surface area contributed by atoms with Gasteiger partial charge in [0.2, 0.25) is 5.95 Å². The summed E-state index contributed by atoms with van der Waals surface area (Å²) in [5.41, 5.74) is 1.95. The Kier molecular flexibility index (Phi) is 4.11. The van der Waals surface area contributed by atoms with Crippen LogP contribution >= 0.6 is 0 Å². The molecule has 10 heteroatoms. The van der Waals surface area contributed by atoms with E-state index in [0.29, 0.717) is 55.3 Å². The van der Waals surface area contributed by atoms with Crippen molar-refractivity contribution in [3.63, 3.8) is 0 Å². The molecular weight excluding hydrogens is 362 g/mol. The highest BCUT2D eigenvalue weighted by atomic mass is 16.6. The normalized spacial score (nSPS) is 19.5. The van der Waals surface area contributed by atoms with Gasteiger partial charge >= 0.3 is 0 Å². The smallest absolute Gasteiger partial charge is 0.257 e. The monoisotopic (exact) mass is 381 g/mol. The van der Waals surface area contributed by atoms with Gasteiger partial charge in [0.25, 0.3) is 5.88 Å². The van der Waals surface area contributed by atoms with Gasteiger partial charge in [0.05, 0.1) is 32.1 Å². The second kappa shape index (κ2) is 6.78. The summed E-state index contributed by atoms with van der Waals surface area (Å²) in [6, 6.07) is 4.17. The van der Waals surface area contributed by atoms with E-state index in [-0.39, 0.29) is 12.1 Å². The molecule has 1 N–H and O–H groups in total. The van der Waals surface area contributed by atoms with E-state index in [1.165, 1.54) is 0 Å². The van der Waals surface area contributed by atoms with E-state index >= 15 is 0 Å². The van der Waals surface area contributed by atoms with Crippen LogP contribution in [0.1, 0.15) is 18.2 Å². The van der Waals surface area contributed by atoms with E-state index in [4.69, 9.17) is 14.2 Å². The summed E-state index contributed by atoms with van der Waals surface area (Å²) in [6.07, 6.45) is 4.40. The van der Waals surface area contributed by atoms with Crippen molar-refractivity contribution in [3.05, 3.63) is 24.2 Å². The number of nitrogens with zero attached hydrogens (tertiary/aromatic N) is 6. The summed E-state index contributed by atoms with van der Waals surface area (Å²) in [5, 5.41) is 17.9. The zero-order valence-electron chi connectivity index (χ0n) is 15.3. The number of ether oxygens (including phenoxy) is 3. The number of rotatable bonds is 5. The van der Waals surface area contributed by atoms with Crippen LogP contribution < -0.4 is 10.1 Å². The maximum atomic E-state index is 9.52. The molecule has 0 aromatic carbocycles. The molecule has 0 radical (unpaired) electrons. The van der Waals surface area contributed by atoms with Crippen molar-refractivity contribution in [1.82, 2.24) is 24.3 Å². The fourth-order valence-electron chi connectivity index (χ4n) is 3.45. The van der Waals surface area contributed by atoms with Crippen LogP contribution in [0.5, 0.6) is 5.88 Å². The Morgan fingerprint density at radius 3 is 2.93 bits per heavy atom. The highest BCUT2D eigenvalue weighted by Gasteiger charge is 2.25. The molecule has 10 nitrogen and oxygen atoms in total. The van der Waals surface area contributed by atoms with Crippen LogP contribution in [0.3, 0.4) is 0 Å². The summed E-state index contributed by atoms with van der Waals surface area (Å²) >= 11 is 0. The standard InChI is InChI=1S/C18H19N7O3/c1-24-7-15(17(23-24)28-14-9-27-10-14)21-18-20-6-11-4-13(5-19)25(16(11)22-18)12-2-3-26-8-12/h4,6-7,12,14H,2-3,8-10H2,1H3,(H,20,21,22)/t12-/m1/s1. The van der Waals surface area contributed by atoms with Crippen LogP contribution in [0, 0.1) is 11.3 Å². The lowest BCUT2D eigenvalue weighted by Crippen LogP contribution is -2.38. The molecule has 5 heterocycles. The summed E-state index contributed by atoms with van der Waals surface area (Å²) in [7, 11) is 1.82. The van der Waals surface area contributed by atoms with Crippen molar-refractivity contribution >= 4 is 22.7 Å². The minimum absolute atomic E-state index is 0.0108. The van der Waals surface area contributed by atoms with Crippen molar-refractivity contribution in [2.45, 2.75) is 18.6 Å². The number of fused-ring (bicyclic) bond motifs is 1. The molecule has 0 bridgehead atoms. The van der Waals surface area contributed by atoms with Gasteiger partial charge in [-0.15, -0.1) is 5.10 Å². The predicted octanol–water partition coefficient (Wildman–Crippen LogP) is 1.52. The molecule has 2 aliphatic rings. The lowest BCUT2D eigenvalue weighted by molar-refractivity contribution is -0.0812. The molecular formula is C18H19N7O3. The highest BCUT2D eigenvalue weighted by Crippen LogP contribution is 2.30. The number of aryl methyl sites for hydroxylation is 1. The maximum absolute atomic E-state index is 9.52. The van der Waals surface area contributed by atoms with Gasteiger partial charge in [-0.2, -0.15) is 10.2 Å². The third-order valence-electron chi connectivity index (χ3n) is 4.89. The molecule has 0 unspecified atom stereocenters. The second-order valence-electron chi connectivity index (χ2n) is 6.93. The average molecular weight is 381 g/mol. The van der Waals surface area contributed by atoms with Gasteiger partial charge in [-0.1, -0.05) is 0 Å². The quantitative estimate of drug-likeness (QED) is 0.708. The van der Waals surface area contributed by atoms with E-state index in [0.717, 1.165) is 11.8 Å². The van der Waals surface area contributed by atoms with Crippen LogP contribution in [0.25, 0.3) is 11.0 Å². The molecule has 144 valence electrons. The second-order valence-corrected chi connectivity index (χ2v) is 6.93. The van der Waals surface area contributed by atoms with Crippen molar-refractivity contribution < 1.29 is 14.2 Å². The first-order valence-electron chi connectivity index (χ1n) is 9.12. The molecule has 2 saturated heterocycles. The Labute approximate surface area is 160 Å². The summed E-state index contributed by atoms with van der Waals surface area (Å²) in [5.74, 6) is 0.898. The van der Waals surface area contributed by atoms with Crippen molar-refractivity contribution in [1.29, 1.82) is 5.26 Å². The Bertz CT molecular complexity index is 1060. The molecule has 3 aromatic heterocycles. The molecule has 0 saturated carbocycles. The van der Waals surface area contributed by atoms with Crippen LogP contribution in [0.4, 0.5) is 11.6 Å². The molecule has 28 heavy (non-hydrogen) atoms. The van der Waals surface area contributed by atoms with Crippen LogP contribution in [0.2, 0.25) is 0 Å². The Morgan fingerprint density at radius 2 is 2.21 bits per heavy atom. The molecule has 0 aliphatic carbocycles. The fourth-order valence-corrected chi connectivity index (χ4v) is 3.45. The van der Waals surface area contributed by atoms with Crippen LogP contribution in [0.15, 0.2) is 18.5 Å². The van der Waals surface area contributed by atoms with Crippen molar-refractivity contribution in [2.24, 2.45) is 7.05 Å². The lowest BCUT2D eigenvalue weighted by Gasteiger charge is -2.25. The van der Waals surface area contributed by atoms with Gasteiger partial charge in [0.1, 0.15) is 29.2 Å². The third-order valence-corrected chi connectivity index (χ3v) is 4.89. The Morgan fingerprint density at radius 1 is 1.32 bits per heavy atom. The number of nitrogens with one attached hydrogen (secondary N) is 1. The van der Waals surface area contributed by atoms with Crippen LogP contribution in [-0.2, 0) is 16.5 Å². The largest absolute Gasteiger partial charge is 0.467 e.